The van der Waals surface area contributed by atoms with E-state index in [1.54, 1.807) is 28.4 Å². The lowest BCUT2D eigenvalue weighted by Gasteiger charge is -2.21. The Kier molecular flexibility index (Phi) is 7.21. The van der Waals surface area contributed by atoms with Gasteiger partial charge in [0.25, 0.3) is 5.91 Å². The average molecular weight is 374 g/mol. The van der Waals surface area contributed by atoms with Gasteiger partial charge in [-0.05, 0) is 62.4 Å². The molecule has 1 aromatic heterocycles. The highest BCUT2D eigenvalue weighted by atomic mass is 32.1. The van der Waals surface area contributed by atoms with Crippen molar-refractivity contribution < 1.29 is 9.59 Å². The van der Waals surface area contributed by atoms with Gasteiger partial charge in [-0.3, -0.25) is 4.79 Å². The number of rotatable bonds is 7. The van der Waals surface area contributed by atoms with Gasteiger partial charge < -0.3 is 15.5 Å². The number of aryl methyl sites for hydroxylation is 1. The van der Waals surface area contributed by atoms with E-state index in [2.05, 4.69) is 10.6 Å². The molecule has 0 saturated heterocycles. The van der Waals surface area contributed by atoms with Crippen LogP contribution in [-0.4, -0.2) is 29.4 Å². The monoisotopic (exact) mass is 373 g/mol. The molecule has 2 rings (SSSR count). The van der Waals surface area contributed by atoms with E-state index >= 15 is 0 Å². The van der Waals surface area contributed by atoms with Crippen molar-refractivity contribution in [3.05, 3.63) is 51.7 Å². The fourth-order valence-electron chi connectivity index (χ4n) is 2.47. The second-order valence-corrected chi connectivity index (χ2v) is 7.37. The highest BCUT2D eigenvalue weighted by Gasteiger charge is 2.15. The smallest absolute Gasteiger partial charge is 0.322 e. The molecule has 5 nitrogen and oxygen atoms in total. The Bertz CT molecular complexity index is 744. The van der Waals surface area contributed by atoms with Crippen molar-refractivity contribution in [2.75, 3.05) is 11.9 Å². The van der Waals surface area contributed by atoms with Crippen LogP contribution in [0.1, 0.15) is 48.0 Å². The summed E-state index contributed by atoms with van der Waals surface area (Å²) >= 11 is 1.64. The van der Waals surface area contributed by atoms with Crippen molar-refractivity contribution >= 4 is 29.0 Å². The summed E-state index contributed by atoms with van der Waals surface area (Å²) in [6.07, 6.45) is 0.885. The molecule has 140 valence electrons. The minimum Gasteiger partial charge on any atom is -0.350 e. The van der Waals surface area contributed by atoms with Gasteiger partial charge in [-0.2, -0.15) is 0 Å². The van der Waals surface area contributed by atoms with Crippen LogP contribution in [0.3, 0.4) is 0 Å². The summed E-state index contributed by atoms with van der Waals surface area (Å²) in [5.74, 6) is -0.0896. The third-order valence-electron chi connectivity index (χ3n) is 4.32. The zero-order valence-electron chi connectivity index (χ0n) is 15.8. The predicted molar refractivity (Wildman–Crippen MR) is 108 cm³/mol. The number of benzene rings is 1. The molecule has 2 N–H and O–H groups in total. The SMILES string of the molecule is CCC(C)NC(=O)c1ccc(NC(=O)N(CC)Cc2cccs2)c(C)c1. The molecule has 0 radical (unpaired) electrons. The molecule has 2 aromatic rings. The average Bonchev–Trinajstić information content (AvgIpc) is 3.14. The third-order valence-corrected chi connectivity index (χ3v) is 5.18. The Balaban J connectivity index is 2.04. The first-order valence-electron chi connectivity index (χ1n) is 8.94. The molecule has 1 heterocycles. The van der Waals surface area contributed by atoms with E-state index < -0.39 is 0 Å². The number of thiophene rings is 1. The van der Waals surface area contributed by atoms with Crippen molar-refractivity contribution in [1.82, 2.24) is 10.2 Å². The molecule has 0 saturated carbocycles. The van der Waals surface area contributed by atoms with Crippen molar-refractivity contribution in [1.29, 1.82) is 0 Å². The lowest BCUT2D eigenvalue weighted by Crippen LogP contribution is -2.34. The molecular weight excluding hydrogens is 346 g/mol. The van der Waals surface area contributed by atoms with E-state index in [-0.39, 0.29) is 18.0 Å². The van der Waals surface area contributed by atoms with Gasteiger partial charge in [-0.25, -0.2) is 4.79 Å². The predicted octanol–water partition coefficient (Wildman–Crippen LogP) is 4.64. The lowest BCUT2D eigenvalue weighted by molar-refractivity contribution is 0.0939. The van der Waals surface area contributed by atoms with Crippen LogP contribution in [0.5, 0.6) is 0 Å². The van der Waals surface area contributed by atoms with Crippen LogP contribution < -0.4 is 10.6 Å². The van der Waals surface area contributed by atoms with Gasteiger partial charge in [-0.1, -0.05) is 13.0 Å². The van der Waals surface area contributed by atoms with E-state index in [1.807, 2.05) is 51.3 Å². The largest absolute Gasteiger partial charge is 0.350 e. The molecule has 1 unspecified atom stereocenters. The Morgan fingerprint density at radius 3 is 2.58 bits per heavy atom. The fraction of sp³-hybridized carbons (Fsp3) is 0.400. The summed E-state index contributed by atoms with van der Waals surface area (Å²) in [5.41, 5.74) is 2.19. The first kappa shape index (κ1) is 20.0. The minimum atomic E-state index is -0.138. The van der Waals surface area contributed by atoms with E-state index in [9.17, 15) is 9.59 Å². The van der Waals surface area contributed by atoms with Gasteiger partial charge in [0.05, 0.1) is 6.54 Å². The number of anilines is 1. The van der Waals surface area contributed by atoms with Crippen molar-refractivity contribution in [2.24, 2.45) is 0 Å². The maximum absolute atomic E-state index is 12.6. The van der Waals surface area contributed by atoms with Crippen molar-refractivity contribution in [3.8, 4) is 0 Å². The molecule has 0 aliphatic rings. The van der Waals surface area contributed by atoms with Crippen LogP contribution in [0.2, 0.25) is 0 Å². The van der Waals surface area contributed by atoms with Crippen molar-refractivity contribution in [3.63, 3.8) is 0 Å². The molecule has 3 amide bonds. The Hall–Kier alpha value is -2.34. The molecule has 0 bridgehead atoms. The number of hydrogen-bond acceptors (Lipinski definition) is 3. The Labute approximate surface area is 159 Å². The van der Waals surface area contributed by atoms with Gasteiger partial charge in [0.1, 0.15) is 0 Å². The molecule has 6 heteroatoms. The van der Waals surface area contributed by atoms with E-state index in [1.165, 1.54) is 0 Å². The van der Waals surface area contributed by atoms with Crippen LogP contribution >= 0.6 is 11.3 Å². The van der Waals surface area contributed by atoms with E-state index in [0.717, 1.165) is 22.5 Å². The number of carbonyl (C=O) groups is 2. The number of amides is 3. The molecule has 26 heavy (non-hydrogen) atoms. The van der Waals surface area contributed by atoms with Gasteiger partial charge in [0.2, 0.25) is 0 Å². The Morgan fingerprint density at radius 2 is 2.00 bits per heavy atom. The second-order valence-electron chi connectivity index (χ2n) is 6.34. The number of carbonyl (C=O) groups excluding carboxylic acids is 2. The molecule has 0 fully saturated rings. The number of hydrogen-bond donors (Lipinski definition) is 2. The number of nitrogens with one attached hydrogen (secondary N) is 2. The fourth-order valence-corrected chi connectivity index (χ4v) is 3.19. The minimum absolute atomic E-state index is 0.0896. The Morgan fingerprint density at radius 1 is 1.23 bits per heavy atom. The number of urea groups is 1. The van der Waals surface area contributed by atoms with E-state index in [4.69, 9.17) is 0 Å². The van der Waals surface area contributed by atoms with Crippen LogP contribution in [0.25, 0.3) is 0 Å². The third kappa shape index (κ3) is 5.33. The molecule has 1 aromatic carbocycles. The van der Waals surface area contributed by atoms with Gasteiger partial charge >= 0.3 is 6.03 Å². The molecule has 0 aliphatic heterocycles. The lowest BCUT2D eigenvalue weighted by atomic mass is 10.1. The zero-order chi connectivity index (χ0) is 19.1. The topological polar surface area (TPSA) is 61.4 Å². The van der Waals surface area contributed by atoms with Gasteiger partial charge in [-0.15, -0.1) is 11.3 Å². The molecule has 1 atom stereocenters. The van der Waals surface area contributed by atoms with Crippen LogP contribution in [-0.2, 0) is 6.54 Å². The second kappa shape index (κ2) is 9.38. The molecular formula is C20H27N3O2S. The first-order chi connectivity index (χ1) is 12.4. The molecule has 0 aliphatic carbocycles. The van der Waals surface area contributed by atoms with E-state index in [0.29, 0.717) is 18.7 Å². The normalized spacial score (nSPS) is 11.7. The quantitative estimate of drug-likeness (QED) is 0.743. The van der Waals surface area contributed by atoms with Gasteiger partial charge in [0, 0.05) is 28.7 Å². The highest BCUT2D eigenvalue weighted by Crippen LogP contribution is 2.19. The standard InChI is InChI=1S/C20H27N3O2S/c1-5-15(4)21-19(24)16-9-10-18(14(3)12-16)22-20(25)23(6-2)13-17-8-7-11-26-17/h7-12,15H,5-6,13H2,1-4H3,(H,21,24)(H,22,25). The molecule has 0 spiro atoms. The van der Waals surface area contributed by atoms with Gasteiger partial charge in [0.15, 0.2) is 0 Å². The summed E-state index contributed by atoms with van der Waals surface area (Å²) in [7, 11) is 0. The van der Waals surface area contributed by atoms with Crippen LogP contribution in [0.4, 0.5) is 10.5 Å². The summed E-state index contributed by atoms with van der Waals surface area (Å²) in [4.78, 5) is 27.7. The maximum Gasteiger partial charge on any atom is 0.322 e. The highest BCUT2D eigenvalue weighted by molar-refractivity contribution is 7.09. The zero-order valence-corrected chi connectivity index (χ0v) is 16.7. The summed E-state index contributed by atoms with van der Waals surface area (Å²) in [5, 5.41) is 7.91. The summed E-state index contributed by atoms with van der Waals surface area (Å²) in [6, 6.07) is 9.35. The van der Waals surface area contributed by atoms with Crippen LogP contribution in [0.15, 0.2) is 35.7 Å². The summed E-state index contributed by atoms with van der Waals surface area (Å²) < 4.78 is 0. The van der Waals surface area contributed by atoms with Crippen LogP contribution in [0, 0.1) is 6.92 Å². The number of nitrogens with zero attached hydrogens (tertiary/aromatic N) is 1. The maximum atomic E-state index is 12.6. The first-order valence-corrected chi connectivity index (χ1v) is 9.82. The van der Waals surface area contributed by atoms with Crippen molar-refractivity contribution in [2.45, 2.75) is 46.7 Å². The summed E-state index contributed by atoms with van der Waals surface area (Å²) in [6.45, 7) is 9.08.